The predicted molar refractivity (Wildman–Crippen MR) is 94.3 cm³/mol. The van der Waals surface area contributed by atoms with Crippen LogP contribution >= 0.6 is 11.6 Å². The molecule has 0 atom stereocenters. The molecule has 1 N–H and O–H groups in total. The Balaban J connectivity index is 1.51. The lowest BCUT2D eigenvalue weighted by atomic mass is 10.1. The van der Waals surface area contributed by atoms with Gasteiger partial charge in [0, 0.05) is 22.6 Å². The van der Waals surface area contributed by atoms with Crippen LogP contribution in [0.4, 0.5) is 5.69 Å². The molecule has 1 aromatic heterocycles. The first-order valence-electron chi connectivity index (χ1n) is 7.89. The number of nitrogens with one attached hydrogen (secondary N) is 1. The Labute approximate surface area is 149 Å². The molecule has 0 unspecified atom stereocenters. The second-order valence-electron chi connectivity index (χ2n) is 5.64. The van der Waals surface area contributed by atoms with Gasteiger partial charge in [-0.1, -0.05) is 28.9 Å². The van der Waals surface area contributed by atoms with Crippen molar-refractivity contribution in [1.82, 2.24) is 10.1 Å². The number of aromatic nitrogens is 2. The summed E-state index contributed by atoms with van der Waals surface area (Å²) in [5, 5.41) is 7.96. The van der Waals surface area contributed by atoms with E-state index < -0.39 is 0 Å². The second kappa shape index (κ2) is 6.64. The Morgan fingerprint density at radius 1 is 1.28 bits per heavy atom. The van der Waals surface area contributed by atoms with E-state index in [9.17, 15) is 0 Å². The van der Waals surface area contributed by atoms with Crippen LogP contribution in [0, 0.1) is 0 Å². The van der Waals surface area contributed by atoms with E-state index in [0.717, 1.165) is 34.7 Å². The monoisotopic (exact) mass is 357 g/mol. The lowest BCUT2D eigenvalue weighted by molar-refractivity contribution is 0.357. The third kappa shape index (κ3) is 3.25. The number of rotatable bonds is 5. The van der Waals surface area contributed by atoms with Gasteiger partial charge in [-0.2, -0.15) is 4.98 Å². The summed E-state index contributed by atoms with van der Waals surface area (Å²) < 4.78 is 16.2. The Kier molecular flexibility index (Phi) is 4.19. The van der Waals surface area contributed by atoms with Gasteiger partial charge in [0.05, 0.1) is 25.9 Å². The van der Waals surface area contributed by atoms with Gasteiger partial charge in [0.25, 0.3) is 0 Å². The molecule has 6 nitrogen and oxygen atoms in total. The molecule has 0 amide bonds. The summed E-state index contributed by atoms with van der Waals surface area (Å²) in [6, 6.07) is 11.3. The van der Waals surface area contributed by atoms with Gasteiger partial charge in [0.2, 0.25) is 11.7 Å². The van der Waals surface area contributed by atoms with Crippen LogP contribution in [0.5, 0.6) is 11.5 Å². The summed E-state index contributed by atoms with van der Waals surface area (Å²) in [7, 11) is 1.62. The number of methoxy groups -OCH3 is 1. The van der Waals surface area contributed by atoms with Gasteiger partial charge >= 0.3 is 0 Å². The van der Waals surface area contributed by atoms with Gasteiger partial charge in [0.15, 0.2) is 0 Å². The van der Waals surface area contributed by atoms with Gasteiger partial charge in [-0.05, 0) is 24.3 Å². The fourth-order valence-electron chi connectivity index (χ4n) is 2.78. The Hall–Kier alpha value is -2.73. The lowest BCUT2D eigenvalue weighted by Crippen LogP contribution is -2.01. The van der Waals surface area contributed by atoms with Crippen LogP contribution in [-0.2, 0) is 13.0 Å². The van der Waals surface area contributed by atoms with Crippen LogP contribution in [0.25, 0.3) is 11.4 Å². The van der Waals surface area contributed by atoms with E-state index in [2.05, 4.69) is 15.5 Å². The average molecular weight is 358 g/mol. The zero-order valence-corrected chi connectivity index (χ0v) is 14.3. The van der Waals surface area contributed by atoms with Crippen molar-refractivity contribution in [3.8, 4) is 22.9 Å². The van der Waals surface area contributed by atoms with Crippen molar-refractivity contribution in [2.75, 3.05) is 19.0 Å². The number of benzene rings is 2. The third-order valence-electron chi connectivity index (χ3n) is 3.97. The van der Waals surface area contributed by atoms with Crippen LogP contribution in [0.2, 0.25) is 5.02 Å². The summed E-state index contributed by atoms with van der Waals surface area (Å²) in [5.41, 5.74) is 2.78. The van der Waals surface area contributed by atoms with E-state index in [1.54, 1.807) is 7.11 Å². The maximum Gasteiger partial charge on any atom is 0.246 e. The molecule has 0 bridgehead atoms. The van der Waals surface area contributed by atoms with E-state index in [-0.39, 0.29) is 0 Å². The molecule has 1 aliphatic heterocycles. The summed E-state index contributed by atoms with van der Waals surface area (Å²) >= 11 is 6.16. The zero-order valence-electron chi connectivity index (χ0n) is 13.6. The molecule has 0 spiro atoms. The van der Waals surface area contributed by atoms with Crippen LogP contribution in [0.3, 0.4) is 0 Å². The molecule has 2 aromatic carbocycles. The molecule has 0 radical (unpaired) electrons. The summed E-state index contributed by atoms with van der Waals surface area (Å²) in [6.07, 6.45) is 0.866. The quantitative estimate of drug-likeness (QED) is 0.745. The summed E-state index contributed by atoms with van der Waals surface area (Å²) in [5.74, 6) is 2.58. The van der Waals surface area contributed by atoms with Crippen molar-refractivity contribution in [1.29, 1.82) is 0 Å². The van der Waals surface area contributed by atoms with E-state index in [1.807, 2.05) is 36.4 Å². The number of hydrogen-bond donors (Lipinski definition) is 1. The van der Waals surface area contributed by atoms with E-state index >= 15 is 0 Å². The Bertz CT molecular complexity index is 910. The number of fused-ring (bicyclic) bond motifs is 1. The van der Waals surface area contributed by atoms with Gasteiger partial charge in [-0.15, -0.1) is 0 Å². The Morgan fingerprint density at radius 3 is 3.08 bits per heavy atom. The number of halogens is 1. The maximum absolute atomic E-state index is 6.16. The van der Waals surface area contributed by atoms with Crippen molar-refractivity contribution in [2.45, 2.75) is 13.0 Å². The first-order valence-corrected chi connectivity index (χ1v) is 8.27. The minimum absolute atomic E-state index is 0.382. The summed E-state index contributed by atoms with van der Waals surface area (Å²) in [4.78, 5) is 4.42. The third-order valence-corrected chi connectivity index (χ3v) is 4.19. The van der Waals surface area contributed by atoms with Crippen LogP contribution in [0.15, 0.2) is 40.9 Å². The van der Waals surface area contributed by atoms with Crippen LogP contribution < -0.4 is 14.8 Å². The molecular weight excluding hydrogens is 342 g/mol. The molecule has 0 aliphatic carbocycles. The molecule has 4 rings (SSSR count). The largest absolute Gasteiger partial charge is 0.497 e. The fraction of sp³-hybridized carbons (Fsp3) is 0.222. The highest BCUT2D eigenvalue weighted by Crippen LogP contribution is 2.36. The predicted octanol–water partition coefficient (Wildman–Crippen LogP) is 3.95. The normalized spacial score (nSPS) is 12.6. The maximum atomic E-state index is 6.16. The number of ether oxygens (including phenoxy) is 2. The van der Waals surface area contributed by atoms with Crippen molar-refractivity contribution in [3.05, 3.63) is 52.9 Å². The first-order chi connectivity index (χ1) is 12.2. The standard InChI is InChI=1S/C18H16ClN3O3/c1-23-14-4-2-3-12(8-14)18-21-16(25-22-18)10-20-15-9-13(19)7-11-5-6-24-17(11)15/h2-4,7-9,20H,5-6,10H2,1H3. The molecule has 25 heavy (non-hydrogen) atoms. The molecule has 1 aliphatic rings. The van der Waals surface area contributed by atoms with Gasteiger partial charge in [-0.25, -0.2) is 0 Å². The molecule has 0 fully saturated rings. The minimum atomic E-state index is 0.382. The lowest BCUT2D eigenvalue weighted by Gasteiger charge is -2.09. The molecule has 128 valence electrons. The summed E-state index contributed by atoms with van der Waals surface area (Å²) in [6.45, 7) is 1.05. The number of nitrogens with zero attached hydrogens (tertiary/aromatic N) is 2. The van der Waals surface area contributed by atoms with Gasteiger partial charge < -0.3 is 19.3 Å². The first kappa shape index (κ1) is 15.8. The Morgan fingerprint density at radius 2 is 2.20 bits per heavy atom. The van der Waals surface area contributed by atoms with E-state index in [4.69, 9.17) is 25.6 Å². The van der Waals surface area contributed by atoms with Gasteiger partial charge in [0.1, 0.15) is 11.5 Å². The SMILES string of the molecule is COc1cccc(-c2noc(CNc3cc(Cl)cc4c3OCC4)n2)c1. The molecule has 2 heterocycles. The van der Waals surface area contributed by atoms with Crippen molar-refractivity contribution < 1.29 is 14.0 Å². The highest BCUT2D eigenvalue weighted by molar-refractivity contribution is 6.31. The zero-order chi connectivity index (χ0) is 17.2. The smallest absolute Gasteiger partial charge is 0.246 e. The minimum Gasteiger partial charge on any atom is -0.497 e. The van der Waals surface area contributed by atoms with Crippen molar-refractivity contribution in [3.63, 3.8) is 0 Å². The second-order valence-corrected chi connectivity index (χ2v) is 6.07. The van der Waals surface area contributed by atoms with E-state index in [1.165, 1.54) is 0 Å². The van der Waals surface area contributed by atoms with Crippen LogP contribution in [0.1, 0.15) is 11.5 Å². The molecular formula is C18H16ClN3O3. The highest BCUT2D eigenvalue weighted by atomic mass is 35.5. The number of anilines is 1. The number of hydrogen-bond acceptors (Lipinski definition) is 6. The van der Waals surface area contributed by atoms with Crippen molar-refractivity contribution >= 4 is 17.3 Å². The molecule has 0 saturated carbocycles. The molecule has 0 saturated heterocycles. The topological polar surface area (TPSA) is 69.4 Å². The average Bonchev–Trinajstić information content (AvgIpc) is 3.29. The van der Waals surface area contributed by atoms with Crippen molar-refractivity contribution in [2.24, 2.45) is 0 Å². The molecule has 3 aromatic rings. The fourth-order valence-corrected chi connectivity index (χ4v) is 3.02. The van der Waals surface area contributed by atoms with Crippen LogP contribution in [-0.4, -0.2) is 23.9 Å². The van der Waals surface area contributed by atoms with E-state index in [0.29, 0.717) is 29.9 Å². The van der Waals surface area contributed by atoms with Gasteiger partial charge in [-0.3, -0.25) is 0 Å². The highest BCUT2D eigenvalue weighted by Gasteiger charge is 2.18. The molecule has 7 heteroatoms.